The molecule has 2 fully saturated rings. The Morgan fingerprint density at radius 3 is 2.89 bits per heavy atom. The van der Waals surface area contributed by atoms with E-state index in [0.29, 0.717) is 32.5 Å². The van der Waals surface area contributed by atoms with Crippen LogP contribution >= 0.6 is 0 Å². The number of morpholine rings is 1. The van der Waals surface area contributed by atoms with Crippen molar-refractivity contribution in [1.82, 2.24) is 10.2 Å². The lowest BCUT2D eigenvalue weighted by molar-refractivity contribution is -0.162. The van der Waals surface area contributed by atoms with Gasteiger partial charge in [-0.3, -0.25) is 4.79 Å². The Morgan fingerprint density at radius 1 is 1.56 bits per heavy atom. The molecule has 2 rings (SSSR count). The Bertz CT molecular complexity index is 341. The third kappa shape index (κ3) is 2.10. The van der Waals surface area contributed by atoms with Crippen LogP contribution in [0, 0.1) is 0 Å². The maximum atomic E-state index is 12.4. The van der Waals surface area contributed by atoms with Gasteiger partial charge in [-0.2, -0.15) is 0 Å². The fourth-order valence-electron chi connectivity index (χ4n) is 2.84. The molecule has 18 heavy (non-hydrogen) atoms. The summed E-state index contributed by atoms with van der Waals surface area (Å²) in [6.45, 7) is 4.03. The van der Waals surface area contributed by atoms with Crippen LogP contribution in [0.5, 0.6) is 0 Å². The van der Waals surface area contributed by atoms with Gasteiger partial charge in [0, 0.05) is 19.6 Å². The van der Waals surface area contributed by atoms with Crippen molar-refractivity contribution in [1.29, 1.82) is 0 Å². The van der Waals surface area contributed by atoms with Crippen molar-refractivity contribution in [3.8, 4) is 0 Å². The van der Waals surface area contributed by atoms with Crippen LogP contribution in [0.15, 0.2) is 0 Å². The number of carboxylic acid groups (broad SMARTS) is 1. The number of likely N-dealkylation sites (tertiary alicyclic amines) is 1. The molecule has 2 atom stereocenters. The number of carbonyl (C=O) groups is 2. The third-order valence-corrected chi connectivity index (χ3v) is 3.94. The molecule has 0 spiro atoms. The molecule has 0 aliphatic carbocycles. The summed E-state index contributed by atoms with van der Waals surface area (Å²) in [5, 5.41) is 12.5. The molecule has 2 aliphatic heterocycles. The van der Waals surface area contributed by atoms with Crippen LogP contribution in [0.3, 0.4) is 0 Å². The first kappa shape index (κ1) is 13.3. The highest BCUT2D eigenvalue weighted by Gasteiger charge is 2.50. The van der Waals surface area contributed by atoms with E-state index in [1.165, 1.54) is 4.90 Å². The summed E-state index contributed by atoms with van der Waals surface area (Å²) >= 11 is 0. The second-order valence-electron chi connectivity index (χ2n) is 4.85. The van der Waals surface area contributed by atoms with Crippen LogP contribution in [0.1, 0.15) is 26.2 Å². The van der Waals surface area contributed by atoms with Gasteiger partial charge in [0.2, 0.25) is 0 Å². The van der Waals surface area contributed by atoms with Gasteiger partial charge in [0.15, 0.2) is 0 Å². The quantitative estimate of drug-likeness (QED) is 0.733. The number of aliphatic carboxylic acids is 1. The van der Waals surface area contributed by atoms with Gasteiger partial charge >= 0.3 is 5.97 Å². The number of hydrogen-bond acceptors (Lipinski definition) is 4. The van der Waals surface area contributed by atoms with Crippen LogP contribution in [0.2, 0.25) is 0 Å². The zero-order valence-corrected chi connectivity index (χ0v) is 10.6. The number of amides is 1. The van der Waals surface area contributed by atoms with E-state index in [9.17, 15) is 14.7 Å². The first-order chi connectivity index (χ1) is 8.62. The number of hydrogen-bond donors (Lipinski definition) is 2. The summed E-state index contributed by atoms with van der Waals surface area (Å²) in [6, 6.07) is 0. The number of nitrogens with one attached hydrogen (secondary N) is 1. The second-order valence-corrected chi connectivity index (χ2v) is 4.85. The average Bonchev–Trinajstić information content (AvgIpc) is 2.84. The van der Waals surface area contributed by atoms with E-state index in [0.717, 1.165) is 13.0 Å². The van der Waals surface area contributed by atoms with Crippen LogP contribution in [-0.2, 0) is 14.3 Å². The molecule has 1 amide bonds. The maximum absolute atomic E-state index is 12.4. The second kappa shape index (κ2) is 5.24. The fraction of sp³-hybridized carbons (Fsp3) is 0.833. The predicted molar refractivity (Wildman–Crippen MR) is 64.2 cm³/mol. The van der Waals surface area contributed by atoms with Crippen molar-refractivity contribution >= 4 is 11.9 Å². The Labute approximate surface area is 106 Å². The van der Waals surface area contributed by atoms with Crippen LogP contribution in [0.25, 0.3) is 0 Å². The molecule has 2 heterocycles. The molecule has 2 unspecified atom stereocenters. The van der Waals surface area contributed by atoms with Crippen molar-refractivity contribution < 1.29 is 19.4 Å². The number of nitrogens with zero attached hydrogens (tertiary/aromatic N) is 1. The van der Waals surface area contributed by atoms with Gasteiger partial charge in [-0.15, -0.1) is 0 Å². The van der Waals surface area contributed by atoms with Crippen LogP contribution in [-0.4, -0.2) is 59.8 Å². The van der Waals surface area contributed by atoms with E-state index < -0.39 is 17.6 Å². The number of rotatable bonds is 3. The van der Waals surface area contributed by atoms with Crippen LogP contribution < -0.4 is 5.32 Å². The smallest absolute Gasteiger partial charge is 0.329 e. The maximum Gasteiger partial charge on any atom is 0.329 e. The molecule has 0 radical (unpaired) electrons. The summed E-state index contributed by atoms with van der Waals surface area (Å²) in [5.41, 5.74) is -1.03. The average molecular weight is 256 g/mol. The van der Waals surface area contributed by atoms with Crippen molar-refractivity contribution in [2.45, 2.75) is 37.8 Å². The fourth-order valence-corrected chi connectivity index (χ4v) is 2.84. The summed E-state index contributed by atoms with van der Waals surface area (Å²) in [5.74, 6) is -1.09. The first-order valence-corrected chi connectivity index (χ1v) is 6.49. The van der Waals surface area contributed by atoms with Crippen molar-refractivity contribution in [3.63, 3.8) is 0 Å². The minimum Gasteiger partial charge on any atom is -0.479 e. The van der Waals surface area contributed by atoms with E-state index in [1.807, 2.05) is 6.92 Å². The van der Waals surface area contributed by atoms with Crippen LogP contribution in [0.4, 0.5) is 0 Å². The first-order valence-electron chi connectivity index (χ1n) is 6.49. The predicted octanol–water partition coefficient (Wildman–Crippen LogP) is -0.169. The Morgan fingerprint density at radius 2 is 2.33 bits per heavy atom. The van der Waals surface area contributed by atoms with Gasteiger partial charge in [-0.25, -0.2) is 4.79 Å². The van der Waals surface area contributed by atoms with Gasteiger partial charge in [0.1, 0.15) is 11.6 Å². The largest absolute Gasteiger partial charge is 0.479 e. The van der Waals surface area contributed by atoms with Gasteiger partial charge in [0.25, 0.3) is 5.91 Å². The normalized spacial score (nSPS) is 32.5. The molecule has 6 nitrogen and oxygen atoms in total. The third-order valence-electron chi connectivity index (χ3n) is 3.94. The zero-order chi connectivity index (χ0) is 13.2. The number of ether oxygens (including phenoxy) is 1. The lowest BCUT2D eigenvalue weighted by Crippen LogP contribution is -2.58. The summed E-state index contributed by atoms with van der Waals surface area (Å²) in [7, 11) is 0. The monoisotopic (exact) mass is 256 g/mol. The molecule has 0 aromatic rings. The topological polar surface area (TPSA) is 78.9 Å². The SMILES string of the molecule is CCC1(C(=O)O)CCCN1C(=O)C1CNCCO1. The molecule has 6 heteroatoms. The van der Waals surface area contributed by atoms with Gasteiger partial charge in [-0.1, -0.05) is 6.92 Å². The molecule has 0 aromatic carbocycles. The molecule has 2 N–H and O–H groups in total. The molecule has 2 aliphatic rings. The summed E-state index contributed by atoms with van der Waals surface area (Å²) < 4.78 is 5.42. The highest BCUT2D eigenvalue weighted by molar-refractivity contribution is 5.90. The lowest BCUT2D eigenvalue weighted by Gasteiger charge is -2.37. The molecule has 102 valence electrons. The standard InChI is InChI=1S/C12H20N2O4/c1-2-12(11(16)17)4-3-6-14(12)10(15)9-8-13-5-7-18-9/h9,13H,2-8H2,1H3,(H,16,17). The molecule has 0 bridgehead atoms. The molecule has 0 saturated carbocycles. The lowest BCUT2D eigenvalue weighted by atomic mass is 9.92. The highest BCUT2D eigenvalue weighted by atomic mass is 16.5. The van der Waals surface area contributed by atoms with Crippen molar-refractivity contribution in [2.75, 3.05) is 26.2 Å². The van der Waals surface area contributed by atoms with Gasteiger partial charge in [-0.05, 0) is 19.3 Å². The Kier molecular flexibility index (Phi) is 3.87. The summed E-state index contributed by atoms with van der Waals surface area (Å²) in [6.07, 6.45) is 1.17. The Balaban J connectivity index is 2.15. The minimum absolute atomic E-state index is 0.191. The molecular weight excluding hydrogens is 236 g/mol. The van der Waals surface area contributed by atoms with Gasteiger partial charge < -0.3 is 20.1 Å². The van der Waals surface area contributed by atoms with E-state index in [-0.39, 0.29) is 5.91 Å². The van der Waals surface area contributed by atoms with E-state index in [1.54, 1.807) is 0 Å². The number of carbonyl (C=O) groups excluding carboxylic acids is 1. The molecule has 0 aromatic heterocycles. The Hall–Kier alpha value is -1.14. The van der Waals surface area contributed by atoms with E-state index in [4.69, 9.17) is 4.74 Å². The minimum atomic E-state index is -1.03. The van der Waals surface area contributed by atoms with Crippen molar-refractivity contribution in [2.24, 2.45) is 0 Å². The summed E-state index contributed by atoms with van der Waals surface area (Å²) in [4.78, 5) is 25.4. The van der Waals surface area contributed by atoms with Crippen molar-refractivity contribution in [3.05, 3.63) is 0 Å². The molecule has 2 saturated heterocycles. The zero-order valence-electron chi connectivity index (χ0n) is 10.6. The van der Waals surface area contributed by atoms with E-state index in [2.05, 4.69) is 5.32 Å². The highest BCUT2D eigenvalue weighted by Crippen LogP contribution is 2.33. The molecular formula is C12H20N2O4. The van der Waals surface area contributed by atoms with Gasteiger partial charge in [0.05, 0.1) is 6.61 Å². The number of carboxylic acids is 1. The van der Waals surface area contributed by atoms with E-state index >= 15 is 0 Å².